The monoisotopic (exact) mass is 385 g/mol. The van der Waals surface area contributed by atoms with Crippen LogP contribution >= 0.6 is 0 Å². The molecule has 1 aliphatic rings. The SMILES string of the molecule is O=S(=O)(Nc1ccc(N2CCNCC2)c2ccccc12)c1ccc(F)cc1. The van der Waals surface area contributed by atoms with Crippen molar-refractivity contribution in [3.8, 4) is 0 Å². The highest BCUT2D eigenvalue weighted by Gasteiger charge is 2.18. The molecule has 0 radical (unpaired) electrons. The van der Waals surface area contributed by atoms with E-state index in [2.05, 4.69) is 14.9 Å². The normalized spacial score (nSPS) is 15.1. The number of benzene rings is 3. The summed E-state index contributed by atoms with van der Waals surface area (Å²) >= 11 is 0. The molecule has 0 unspecified atom stereocenters. The summed E-state index contributed by atoms with van der Waals surface area (Å²) < 4.78 is 41.1. The molecule has 140 valence electrons. The first-order valence-electron chi connectivity index (χ1n) is 8.80. The van der Waals surface area contributed by atoms with Gasteiger partial charge in [-0.05, 0) is 36.4 Å². The van der Waals surface area contributed by atoms with Crippen LogP contribution in [0.15, 0.2) is 65.6 Å². The van der Waals surface area contributed by atoms with E-state index < -0.39 is 15.8 Å². The average Bonchev–Trinajstić information content (AvgIpc) is 2.69. The third-order valence-electron chi connectivity index (χ3n) is 4.73. The van der Waals surface area contributed by atoms with Crippen LogP contribution in [-0.4, -0.2) is 34.6 Å². The highest BCUT2D eigenvalue weighted by molar-refractivity contribution is 7.92. The van der Waals surface area contributed by atoms with E-state index in [9.17, 15) is 12.8 Å². The Morgan fingerprint density at radius 1 is 0.889 bits per heavy atom. The quantitative estimate of drug-likeness (QED) is 0.724. The summed E-state index contributed by atoms with van der Waals surface area (Å²) in [7, 11) is -3.80. The van der Waals surface area contributed by atoms with Gasteiger partial charge in [0.25, 0.3) is 10.0 Å². The number of halogens is 1. The van der Waals surface area contributed by atoms with Gasteiger partial charge >= 0.3 is 0 Å². The Kier molecular flexibility index (Phi) is 4.72. The molecule has 0 aliphatic carbocycles. The number of nitrogens with zero attached hydrogens (tertiary/aromatic N) is 1. The Morgan fingerprint density at radius 3 is 2.26 bits per heavy atom. The molecular weight excluding hydrogens is 365 g/mol. The maximum atomic E-state index is 13.1. The molecule has 1 aliphatic heterocycles. The van der Waals surface area contributed by atoms with Gasteiger partial charge in [0.1, 0.15) is 5.82 Å². The zero-order valence-corrected chi connectivity index (χ0v) is 15.5. The fraction of sp³-hybridized carbons (Fsp3) is 0.200. The minimum Gasteiger partial charge on any atom is -0.368 e. The summed E-state index contributed by atoms with van der Waals surface area (Å²) in [6.07, 6.45) is 0. The molecule has 3 aromatic rings. The van der Waals surface area contributed by atoms with Crippen molar-refractivity contribution in [2.24, 2.45) is 0 Å². The highest BCUT2D eigenvalue weighted by Crippen LogP contribution is 2.33. The van der Waals surface area contributed by atoms with Gasteiger partial charge in [-0.2, -0.15) is 0 Å². The molecule has 0 saturated carbocycles. The number of hydrogen-bond donors (Lipinski definition) is 2. The predicted molar refractivity (Wildman–Crippen MR) is 106 cm³/mol. The number of anilines is 2. The second-order valence-electron chi connectivity index (χ2n) is 6.47. The van der Waals surface area contributed by atoms with Gasteiger partial charge in [0, 0.05) is 42.6 Å². The third-order valence-corrected chi connectivity index (χ3v) is 6.11. The Morgan fingerprint density at radius 2 is 1.56 bits per heavy atom. The molecule has 0 amide bonds. The molecule has 0 atom stereocenters. The molecule has 1 saturated heterocycles. The van der Waals surface area contributed by atoms with E-state index in [-0.39, 0.29) is 4.90 Å². The van der Waals surface area contributed by atoms with Gasteiger partial charge < -0.3 is 10.2 Å². The van der Waals surface area contributed by atoms with Gasteiger partial charge in [-0.15, -0.1) is 0 Å². The minimum absolute atomic E-state index is 0.0270. The molecular formula is C20H20FN3O2S. The molecule has 0 aromatic heterocycles. The largest absolute Gasteiger partial charge is 0.368 e. The number of sulfonamides is 1. The number of hydrogen-bond acceptors (Lipinski definition) is 4. The minimum atomic E-state index is -3.80. The first-order chi connectivity index (χ1) is 13.0. The molecule has 1 fully saturated rings. The van der Waals surface area contributed by atoms with E-state index in [0.717, 1.165) is 54.8 Å². The zero-order valence-electron chi connectivity index (χ0n) is 14.7. The van der Waals surface area contributed by atoms with Crippen LogP contribution in [0.5, 0.6) is 0 Å². The lowest BCUT2D eigenvalue weighted by Gasteiger charge is -2.30. The maximum absolute atomic E-state index is 13.1. The van der Waals surface area contributed by atoms with Gasteiger partial charge in [-0.1, -0.05) is 24.3 Å². The van der Waals surface area contributed by atoms with Crippen LogP contribution in [0.25, 0.3) is 10.8 Å². The summed E-state index contributed by atoms with van der Waals surface area (Å²) in [6, 6.07) is 16.3. The lowest BCUT2D eigenvalue weighted by Crippen LogP contribution is -2.43. The second-order valence-corrected chi connectivity index (χ2v) is 8.16. The Labute approximate surface area is 157 Å². The lowest BCUT2D eigenvalue weighted by molar-refractivity contribution is 0.590. The molecule has 3 aromatic carbocycles. The molecule has 27 heavy (non-hydrogen) atoms. The number of rotatable bonds is 4. The number of piperazine rings is 1. The summed E-state index contributed by atoms with van der Waals surface area (Å²) in [5.41, 5.74) is 1.60. The van der Waals surface area contributed by atoms with E-state index in [0.29, 0.717) is 5.69 Å². The smallest absolute Gasteiger partial charge is 0.261 e. The average molecular weight is 385 g/mol. The Hall–Kier alpha value is -2.64. The van der Waals surface area contributed by atoms with Crippen molar-refractivity contribution in [1.82, 2.24) is 5.32 Å². The van der Waals surface area contributed by atoms with Crippen LogP contribution in [0.1, 0.15) is 0 Å². The van der Waals surface area contributed by atoms with Crippen molar-refractivity contribution >= 4 is 32.2 Å². The van der Waals surface area contributed by atoms with Crippen LogP contribution in [0.2, 0.25) is 0 Å². The number of fused-ring (bicyclic) bond motifs is 1. The lowest BCUT2D eigenvalue weighted by atomic mass is 10.1. The third kappa shape index (κ3) is 3.61. The van der Waals surface area contributed by atoms with Crippen molar-refractivity contribution in [2.45, 2.75) is 4.90 Å². The molecule has 5 nitrogen and oxygen atoms in total. The van der Waals surface area contributed by atoms with Crippen LogP contribution in [-0.2, 0) is 10.0 Å². The van der Waals surface area contributed by atoms with Crippen molar-refractivity contribution in [3.63, 3.8) is 0 Å². The first-order valence-corrected chi connectivity index (χ1v) is 10.3. The summed E-state index contributed by atoms with van der Waals surface area (Å²) in [4.78, 5) is 2.33. The van der Waals surface area contributed by atoms with Crippen LogP contribution < -0.4 is 14.9 Å². The summed E-state index contributed by atoms with van der Waals surface area (Å²) in [6.45, 7) is 3.66. The standard InChI is InChI=1S/C20H20FN3O2S/c21-15-5-7-16(8-6-15)27(25,26)23-19-9-10-20(24-13-11-22-12-14-24)18-4-2-1-3-17(18)19/h1-10,22-23H,11-14H2. The molecule has 1 heterocycles. The van der Waals surface area contributed by atoms with E-state index in [1.807, 2.05) is 30.3 Å². The second kappa shape index (κ2) is 7.17. The van der Waals surface area contributed by atoms with Crippen LogP contribution in [0.3, 0.4) is 0 Å². The van der Waals surface area contributed by atoms with E-state index in [1.54, 1.807) is 6.07 Å². The summed E-state index contributed by atoms with van der Waals surface area (Å²) in [5, 5.41) is 5.17. The van der Waals surface area contributed by atoms with Gasteiger partial charge in [0.15, 0.2) is 0 Å². The van der Waals surface area contributed by atoms with E-state index in [4.69, 9.17) is 0 Å². The Balaban J connectivity index is 1.73. The summed E-state index contributed by atoms with van der Waals surface area (Å²) in [5.74, 6) is -0.472. The fourth-order valence-corrected chi connectivity index (χ4v) is 4.45. The molecule has 7 heteroatoms. The highest BCUT2D eigenvalue weighted by atomic mass is 32.2. The van der Waals surface area contributed by atoms with Crippen LogP contribution in [0, 0.1) is 5.82 Å². The molecule has 4 rings (SSSR count). The van der Waals surface area contributed by atoms with Gasteiger partial charge in [0.2, 0.25) is 0 Å². The van der Waals surface area contributed by atoms with E-state index in [1.165, 1.54) is 12.1 Å². The molecule has 0 bridgehead atoms. The predicted octanol–water partition coefficient (Wildman–Crippen LogP) is 3.19. The van der Waals surface area contributed by atoms with Crippen molar-refractivity contribution in [2.75, 3.05) is 35.8 Å². The first kappa shape index (κ1) is 17.8. The number of nitrogens with one attached hydrogen (secondary N) is 2. The van der Waals surface area contributed by atoms with Gasteiger partial charge in [-0.3, -0.25) is 4.72 Å². The van der Waals surface area contributed by atoms with Crippen molar-refractivity contribution in [1.29, 1.82) is 0 Å². The van der Waals surface area contributed by atoms with Gasteiger partial charge in [-0.25, -0.2) is 12.8 Å². The Bertz CT molecular complexity index is 1060. The van der Waals surface area contributed by atoms with Crippen LogP contribution in [0.4, 0.5) is 15.8 Å². The van der Waals surface area contributed by atoms with E-state index >= 15 is 0 Å². The van der Waals surface area contributed by atoms with Crippen molar-refractivity contribution < 1.29 is 12.8 Å². The topological polar surface area (TPSA) is 61.4 Å². The van der Waals surface area contributed by atoms with Gasteiger partial charge in [0.05, 0.1) is 10.6 Å². The fourth-order valence-electron chi connectivity index (χ4n) is 3.37. The molecule has 0 spiro atoms. The molecule has 2 N–H and O–H groups in total. The zero-order chi connectivity index (χ0) is 18.9. The maximum Gasteiger partial charge on any atom is 0.261 e. The van der Waals surface area contributed by atoms with Crippen molar-refractivity contribution in [3.05, 3.63) is 66.5 Å².